The third-order valence-corrected chi connectivity index (χ3v) is 8.02. The fourth-order valence-corrected chi connectivity index (χ4v) is 5.20. The molecule has 0 fully saturated rings. The van der Waals surface area contributed by atoms with E-state index in [4.69, 9.17) is 11.6 Å². The van der Waals surface area contributed by atoms with E-state index < -0.39 is 8.07 Å². The topological polar surface area (TPSA) is 0 Å². The Morgan fingerprint density at radius 1 is 1.10 bits per heavy atom. The fourth-order valence-electron chi connectivity index (χ4n) is 1.47. The van der Waals surface area contributed by atoms with Crippen molar-refractivity contribution in [2.75, 3.05) is 5.50 Å². The average Bonchev–Trinajstić information content (AvgIpc) is 1.89. The highest BCUT2D eigenvalue weighted by atomic mass is 35.5. The van der Waals surface area contributed by atoms with E-state index in [9.17, 15) is 0 Å². The quantitative estimate of drug-likeness (QED) is 0.445. The summed E-state index contributed by atoms with van der Waals surface area (Å²) in [7, 11) is -0.958. The van der Waals surface area contributed by atoms with E-state index >= 15 is 0 Å². The molecule has 0 radical (unpaired) electrons. The Bertz CT molecular complexity index is 77.3. The molecule has 0 bridgehead atoms. The minimum Gasteiger partial charge on any atom is -0.130 e. The second-order valence-corrected chi connectivity index (χ2v) is 9.13. The van der Waals surface area contributed by atoms with Crippen molar-refractivity contribution in [2.24, 2.45) is 0 Å². The molecule has 0 N–H and O–H groups in total. The van der Waals surface area contributed by atoms with Gasteiger partial charge in [0, 0.05) is 5.50 Å². The van der Waals surface area contributed by atoms with Crippen LogP contribution in [0.25, 0.3) is 0 Å². The minimum atomic E-state index is -0.958. The van der Waals surface area contributed by atoms with Gasteiger partial charge in [-0.3, -0.25) is 0 Å². The fraction of sp³-hybridized carbons (Fsp3) is 1.00. The molecule has 0 unspecified atom stereocenters. The van der Waals surface area contributed by atoms with Gasteiger partial charge in [0.1, 0.15) is 0 Å². The van der Waals surface area contributed by atoms with Gasteiger partial charge in [-0.2, -0.15) is 0 Å². The predicted octanol–water partition coefficient (Wildman–Crippen LogP) is 3.66. The molecule has 62 valence electrons. The highest BCUT2D eigenvalue weighted by Gasteiger charge is 2.22. The smallest absolute Gasteiger partial charge is 0.0670 e. The van der Waals surface area contributed by atoms with Gasteiger partial charge in [-0.25, -0.2) is 0 Å². The lowest BCUT2D eigenvalue weighted by molar-refractivity contribution is 0.980. The van der Waals surface area contributed by atoms with E-state index in [1.54, 1.807) is 0 Å². The van der Waals surface area contributed by atoms with E-state index in [0.29, 0.717) is 0 Å². The van der Waals surface area contributed by atoms with Crippen molar-refractivity contribution in [1.82, 2.24) is 0 Å². The van der Waals surface area contributed by atoms with Crippen LogP contribution in [0.2, 0.25) is 18.6 Å². The van der Waals surface area contributed by atoms with Crippen LogP contribution in [0.15, 0.2) is 0 Å². The van der Waals surface area contributed by atoms with Gasteiger partial charge in [-0.05, 0) is 0 Å². The monoisotopic (exact) mass is 178 g/mol. The molecule has 0 saturated carbocycles. The van der Waals surface area contributed by atoms with Crippen molar-refractivity contribution >= 4 is 19.7 Å². The molecule has 0 aromatic rings. The van der Waals surface area contributed by atoms with Crippen molar-refractivity contribution in [3.05, 3.63) is 0 Å². The van der Waals surface area contributed by atoms with Crippen LogP contribution < -0.4 is 0 Å². The van der Waals surface area contributed by atoms with Crippen molar-refractivity contribution in [3.8, 4) is 0 Å². The van der Waals surface area contributed by atoms with Crippen LogP contribution in [0.4, 0.5) is 0 Å². The Labute approximate surface area is 71.0 Å². The summed E-state index contributed by atoms with van der Waals surface area (Å²) in [5.41, 5.74) is 0.953. The van der Waals surface area contributed by atoms with E-state index in [1.165, 1.54) is 24.9 Å². The van der Waals surface area contributed by atoms with E-state index in [0.717, 1.165) is 5.50 Å². The van der Waals surface area contributed by atoms with Gasteiger partial charge in [0.25, 0.3) is 0 Å². The van der Waals surface area contributed by atoms with Crippen LogP contribution in [0, 0.1) is 0 Å². The zero-order valence-electron chi connectivity index (χ0n) is 7.41. The van der Waals surface area contributed by atoms with E-state index in [2.05, 4.69) is 20.4 Å². The zero-order chi connectivity index (χ0) is 8.04. The normalized spacial score (nSPS) is 12.0. The van der Waals surface area contributed by atoms with Gasteiger partial charge in [0.05, 0.1) is 8.07 Å². The van der Waals surface area contributed by atoms with Crippen molar-refractivity contribution in [3.63, 3.8) is 0 Å². The first-order chi connectivity index (χ1) is 4.68. The summed E-state index contributed by atoms with van der Waals surface area (Å²) in [6.45, 7) is 6.94. The standard InChI is InChI=1S/C8H19ClSi/c1-4-6-10(3,8-9)7-5-2/h4-8H2,1-3H3. The molecule has 0 aliphatic heterocycles. The molecule has 0 aliphatic carbocycles. The van der Waals surface area contributed by atoms with E-state index in [1.807, 2.05) is 0 Å². The average molecular weight is 179 g/mol. The maximum atomic E-state index is 5.93. The van der Waals surface area contributed by atoms with Crippen LogP contribution in [0.5, 0.6) is 0 Å². The summed E-state index contributed by atoms with van der Waals surface area (Å²) >= 11 is 5.93. The molecular weight excluding hydrogens is 160 g/mol. The summed E-state index contributed by atoms with van der Waals surface area (Å²) in [5.74, 6) is 0. The lowest BCUT2D eigenvalue weighted by Gasteiger charge is -2.22. The van der Waals surface area contributed by atoms with Gasteiger partial charge in [0.15, 0.2) is 0 Å². The molecule has 0 nitrogen and oxygen atoms in total. The Hall–Kier alpha value is 0.507. The molecule has 0 aromatic heterocycles. The number of hydrogen-bond acceptors (Lipinski definition) is 0. The molecule has 0 heterocycles. The van der Waals surface area contributed by atoms with Gasteiger partial charge >= 0.3 is 0 Å². The number of rotatable bonds is 5. The Morgan fingerprint density at radius 2 is 1.50 bits per heavy atom. The first-order valence-electron chi connectivity index (χ1n) is 4.24. The van der Waals surface area contributed by atoms with Crippen LogP contribution in [0.1, 0.15) is 26.7 Å². The van der Waals surface area contributed by atoms with Crippen LogP contribution in [0.3, 0.4) is 0 Å². The Morgan fingerprint density at radius 3 is 1.70 bits per heavy atom. The molecule has 0 spiro atoms. The maximum Gasteiger partial charge on any atom is 0.0670 e. The Kier molecular flexibility index (Phi) is 5.46. The first-order valence-corrected chi connectivity index (χ1v) is 7.90. The largest absolute Gasteiger partial charge is 0.130 e. The van der Waals surface area contributed by atoms with Gasteiger partial charge in [0.2, 0.25) is 0 Å². The predicted molar refractivity (Wildman–Crippen MR) is 52.5 cm³/mol. The van der Waals surface area contributed by atoms with Crippen molar-refractivity contribution < 1.29 is 0 Å². The summed E-state index contributed by atoms with van der Waals surface area (Å²) in [6, 6.07) is 2.81. The molecule has 0 atom stereocenters. The SMILES string of the molecule is CCC[Si](C)(CCl)CCC. The lowest BCUT2D eigenvalue weighted by atomic mass is 10.6. The minimum absolute atomic E-state index is 0.953. The molecule has 0 amide bonds. The summed E-state index contributed by atoms with van der Waals surface area (Å²) in [4.78, 5) is 0. The summed E-state index contributed by atoms with van der Waals surface area (Å²) < 4.78 is 0. The molecule has 0 aliphatic rings. The number of hydrogen-bond donors (Lipinski definition) is 0. The third-order valence-electron chi connectivity index (χ3n) is 2.03. The zero-order valence-corrected chi connectivity index (χ0v) is 9.17. The summed E-state index contributed by atoms with van der Waals surface area (Å²) in [5, 5.41) is 0. The number of halogens is 1. The van der Waals surface area contributed by atoms with Crippen molar-refractivity contribution in [2.45, 2.75) is 45.3 Å². The molecule has 2 heteroatoms. The first kappa shape index (κ1) is 10.5. The Balaban J connectivity index is 3.69. The van der Waals surface area contributed by atoms with Gasteiger partial charge < -0.3 is 0 Å². The molecule has 10 heavy (non-hydrogen) atoms. The van der Waals surface area contributed by atoms with E-state index in [-0.39, 0.29) is 0 Å². The van der Waals surface area contributed by atoms with Crippen LogP contribution >= 0.6 is 11.6 Å². The van der Waals surface area contributed by atoms with Crippen LogP contribution in [-0.4, -0.2) is 13.6 Å². The highest BCUT2D eigenvalue weighted by Crippen LogP contribution is 2.20. The molecular formula is C8H19ClSi. The summed E-state index contributed by atoms with van der Waals surface area (Å²) in [6.07, 6.45) is 2.63. The van der Waals surface area contributed by atoms with Crippen LogP contribution in [-0.2, 0) is 0 Å². The third kappa shape index (κ3) is 3.62. The van der Waals surface area contributed by atoms with Gasteiger partial charge in [-0.15, -0.1) is 11.6 Å². The second kappa shape index (κ2) is 5.20. The van der Waals surface area contributed by atoms with Gasteiger partial charge in [-0.1, -0.05) is 45.3 Å². The maximum absolute atomic E-state index is 5.93. The highest BCUT2D eigenvalue weighted by molar-refractivity contribution is 6.84. The number of alkyl halides is 1. The molecule has 0 aromatic carbocycles. The van der Waals surface area contributed by atoms with Crippen molar-refractivity contribution in [1.29, 1.82) is 0 Å². The second-order valence-electron chi connectivity index (χ2n) is 3.44. The lowest BCUT2D eigenvalue weighted by Crippen LogP contribution is -2.31. The molecule has 0 rings (SSSR count). The molecule has 0 saturated heterocycles.